The number of rotatable bonds is 8. The number of anilines is 2. The highest BCUT2D eigenvalue weighted by molar-refractivity contribution is 6.06. The van der Waals surface area contributed by atoms with Crippen LogP contribution in [0.25, 0.3) is 0 Å². The number of aromatic nitrogens is 3. The normalized spacial score (nSPS) is 14.9. The first kappa shape index (κ1) is 22.9. The van der Waals surface area contributed by atoms with Crippen LogP contribution in [0.1, 0.15) is 30.8 Å². The third-order valence-corrected chi connectivity index (χ3v) is 5.45. The van der Waals surface area contributed by atoms with Gasteiger partial charge in [0.15, 0.2) is 5.82 Å². The zero-order valence-corrected chi connectivity index (χ0v) is 18.7. The number of nitrogens with one attached hydrogen (secondary N) is 2. The Morgan fingerprint density at radius 2 is 2.09 bits per heavy atom. The molecule has 0 bridgehead atoms. The summed E-state index contributed by atoms with van der Waals surface area (Å²) in [5.41, 5.74) is 1.77. The van der Waals surface area contributed by atoms with E-state index in [2.05, 4.69) is 20.7 Å². The number of allylic oxidation sites excluding steroid dienone is 1. The molecular weight excluding hydrogens is 440 g/mol. The molecule has 2 aromatic carbocycles. The number of nitro groups is 1. The van der Waals surface area contributed by atoms with Crippen molar-refractivity contribution < 1.29 is 19.6 Å². The number of aliphatic hydroxyl groups is 1. The van der Waals surface area contributed by atoms with Gasteiger partial charge in [0, 0.05) is 30.9 Å². The highest BCUT2D eigenvalue weighted by atomic mass is 16.6. The van der Waals surface area contributed by atoms with Gasteiger partial charge in [0.1, 0.15) is 11.8 Å². The van der Waals surface area contributed by atoms with Gasteiger partial charge in [-0.25, -0.2) is 4.68 Å². The number of nitrogens with zero attached hydrogens (tertiary/aromatic N) is 4. The van der Waals surface area contributed by atoms with E-state index in [4.69, 9.17) is 9.84 Å². The van der Waals surface area contributed by atoms with Crippen LogP contribution in [0.3, 0.4) is 0 Å². The Kier molecular flexibility index (Phi) is 6.55. The Balaban J connectivity index is 1.80. The highest BCUT2D eigenvalue weighted by Gasteiger charge is 2.35. The minimum Gasteiger partial charge on any atom is -0.495 e. The molecule has 1 aliphatic heterocycles. The Bertz CT molecular complexity index is 1270. The highest BCUT2D eigenvalue weighted by Crippen LogP contribution is 2.37. The SMILES string of the molecule is COc1ccccc1NC(=O)C1=C(C)Nc2nc(CCCO)nn2C1c1cccc([N+](=O)[O-])c1. The minimum atomic E-state index is -0.763. The summed E-state index contributed by atoms with van der Waals surface area (Å²) in [7, 11) is 1.51. The van der Waals surface area contributed by atoms with Crippen molar-refractivity contribution in [2.24, 2.45) is 0 Å². The molecule has 11 heteroatoms. The molecule has 34 heavy (non-hydrogen) atoms. The molecule has 0 saturated heterocycles. The number of aliphatic hydroxyl groups excluding tert-OH is 1. The third kappa shape index (κ3) is 4.46. The largest absolute Gasteiger partial charge is 0.495 e. The van der Waals surface area contributed by atoms with Crippen LogP contribution in [-0.4, -0.2) is 44.4 Å². The summed E-state index contributed by atoms with van der Waals surface area (Å²) in [5, 5.41) is 31.1. The van der Waals surface area contributed by atoms with Gasteiger partial charge in [-0.3, -0.25) is 14.9 Å². The number of hydrogen-bond donors (Lipinski definition) is 3. The number of nitro benzene ring substituents is 1. The number of carbonyl (C=O) groups is 1. The fourth-order valence-electron chi connectivity index (χ4n) is 3.89. The van der Waals surface area contributed by atoms with E-state index in [1.54, 1.807) is 48.0 Å². The van der Waals surface area contributed by atoms with Gasteiger partial charge in [-0.15, -0.1) is 0 Å². The van der Waals surface area contributed by atoms with Crippen molar-refractivity contribution >= 4 is 23.2 Å². The van der Waals surface area contributed by atoms with Gasteiger partial charge in [-0.05, 0) is 31.0 Å². The second-order valence-corrected chi connectivity index (χ2v) is 7.70. The molecule has 2 heterocycles. The molecular formula is C23H24N6O5. The van der Waals surface area contributed by atoms with E-state index < -0.39 is 16.9 Å². The number of fused-ring (bicyclic) bond motifs is 1. The molecule has 3 aromatic rings. The summed E-state index contributed by atoms with van der Waals surface area (Å²) in [6, 6.07) is 12.4. The van der Waals surface area contributed by atoms with Gasteiger partial charge >= 0.3 is 0 Å². The van der Waals surface area contributed by atoms with E-state index in [0.29, 0.717) is 52.9 Å². The van der Waals surface area contributed by atoms with Gasteiger partial charge < -0.3 is 20.5 Å². The van der Waals surface area contributed by atoms with E-state index >= 15 is 0 Å². The van der Waals surface area contributed by atoms with Crippen LogP contribution in [-0.2, 0) is 11.2 Å². The van der Waals surface area contributed by atoms with Crippen LogP contribution in [0, 0.1) is 10.1 Å². The first-order chi connectivity index (χ1) is 16.4. The van der Waals surface area contributed by atoms with Crippen LogP contribution in [0.5, 0.6) is 5.75 Å². The lowest BCUT2D eigenvalue weighted by Gasteiger charge is -2.28. The second-order valence-electron chi connectivity index (χ2n) is 7.70. The smallest absolute Gasteiger partial charge is 0.269 e. The lowest BCUT2D eigenvalue weighted by molar-refractivity contribution is -0.384. The molecule has 1 amide bonds. The fourth-order valence-corrected chi connectivity index (χ4v) is 3.89. The number of carbonyl (C=O) groups excluding carboxylic acids is 1. The van der Waals surface area contributed by atoms with Crippen LogP contribution in [0.2, 0.25) is 0 Å². The van der Waals surface area contributed by atoms with Crippen LogP contribution >= 0.6 is 0 Å². The standard InChI is InChI=1S/C23H24N6O5/c1-14-20(22(31)25-17-9-3-4-10-18(17)34-2)21(15-7-5-8-16(13-15)29(32)33)28-23(24-14)26-19(27-28)11-6-12-30/h3-5,7-10,13,21,30H,6,11-12H2,1-2H3,(H,25,31)(H,24,26,27). The predicted molar refractivity (Wildman–Crippen MR) is 125 cm³/mol. The third-order valence-electron chi connectivity index (χ3n) is 5.45. The number of hydrogen-bond acceptors (Lipinski definition) is 8. The van der Waals surface area contributed by atoms with Crippen molar-refractivity contribution in [3.05, 3.63) is 81.3 Å². The Morgan fingerprint density at radius 3 is 2.82 bits per heavy atom. The summed E-state index contributed by atoms with van der Waals surface area (Å²) < 4.78 is 6.89. The molecule has 0 radical (unpaired) electrons. The molecule has 3 N–H and O–H groups in total. The number of benzene rings is 2. The number of non-ortho nitro benzene ring substituents is 1. The van der Waals surface area contributed by atoms with E-state index in [-0.39, 0.29) is 12.3 Å². The zero-order valence-electron chi connectivity index (χ0n) is 18.7. The first-order valence-electron chi connectivity index (χ1n) is 10.7. The first-order valence-corrected chi connectivity index (χ1v) is 10.7. The Labute approximate surface area is 195 Å². The molecule has 1 aromatic heterocycles. The van der Waals surface area contributed by atoms with Crippen LogP contribution < -0.4 is 15.4 Å². The zero-order chi connectivity index (χ0) is 24.2. The van der Waals surface area contributed by atoms with Crippen molar-refractivity contribution in [1.82, 2.24) is 14.8 Å². The fraction of sp³-hybridized carbons (Fsp3) is 0.261. The lowest BCUT2D eigenvalue weighted by atomic mass is 9.94. The summed E-state index contributed by atoms with van der Waals surface area (Å²) >= 11 is 0. The summed E-state index contributed by atoms with van der Waals surface area (Å²) in [6.45, 7) is 1.74. The maximum Gasteiger partial charge on any atom is 0.269 e. The van der Waals surface area contributed by atoms with E-state index in [0.717, 1.165) is 0 Å². The van der Waals surface area contributed by atoms with Gasteiger partial charge in [0.25, 0.3) is 11.6 Å². The van der Waals surface area contributed by atoms with Gasteiger partial charge in [-0.2, -0.15) is 10.1 Å². The molecule has 0 saturated carbocycles. The summed E-state index contributed by atoms with van der Waals surface area (Å²) in [5.74, 6) is 0.989. The molecule has 4 rings (SSSR count). The number of amides is 1. The van der Waals surface area contributed by atoms with Crippen LogP contribution in [0.4, 0.5) is 17.3 Å². The molecule has 0 aliphatic carbocycles. The summed E-state index contributed by atoms with van der Waals surface area (Å²) in [4.78, 5) is 29.0. The molecule has 11 nitrogen and oxygen atoms in total. The quantitative estimate of drug-likeness (QED) is 0.341. The van der Waals surface area contributed by atoms with Crippen molar-refractivity contribution in [3.8, 4) is 5.75 Å². The number of para-hydroxylation sites is 2. The van der Waals surface area contributed by atoms with E-state index in [1.807, 2.05) is 0 Å². The Morgan fingerprint density at radius 1 is 1.29 bits per heavy atom. The van der Waals surface area contributed by atoms with Crippen molar-refractivity contribution in [2.75, 3.05) is 24.4 Å². The topological polar surface area (TPSA) is 144 Å². The number of ether oxygens (including phenoxy) is 1. The average Bonchev–Trinajstić information content (AvgIpc) is 3.24. The van der Waals surface area contributed by atoms with Gasteiger partial charge in [0.2, 0.25) is 5.95 Å². The lowest BCUT2D eigenvalue weighted by Crippen LogP contribution is -2.31. The molecule has 0 fully saturated rings. The number of aryl methyl sites for hydroxylation is 1. The average molecular weight is 464 g/mol. The van der Waals surface area contributed by atoms with E-state index in [9.17, 15) is 14.9 Å². The molecule has 1 atom stereocenters. The van der Waals surface area contributed by atoms with E-state index in [1.165, 1.54) is 19.2 Å². The van der Waals surface area contributed by atoms with Gasteiger partial charge in [0.05, 0.1) is 23.3 Å². The Hall–Kier alpha value is -4.25. The van der Waals surface area contributed by atoms with Crippen molar-refractivity contribution in [3.63, 3.8) is 0 Å². The predicted octanol–water partition coefficient (Wildman–Crippen LogP) is 3.05. The van der Waals surface area contributed by atoms with Gasteiger partial charge in [-0.1, -0.05) is 24.3 Å². The maximum atomic E-state index is 13.5. The molecule has 0 spiro atoms. The molecule has 176 valence electrons. The molecule has 1 unspecified atom stereocenters. The second kappa shape index (κ2) is 9.71. The summed E-state index contributed by atoms with van der Waals surface area (Å²) in [6.07, 6.45) is 0.931. The molecule has 1 aliphatic rings. The van der Waals surface area contributed by atoms with Crippen molar-refractivity contribution in [1.29, 1.82) is 0 Å². The monoisotopic (exact) mass is 464 g/mol. The van der Waals surface area contributed by atoms with Crippen molar-refractivity contribution in [2.45, 2.75) is 25.8 Å². The maximum absolute atomic E-state index is 13.5. The van der Waals surface area contributed by atoms with Crippen LogP contribution in [0.15, 0.2) is 59.8 Å². The minimum absolute atomic E-state index is 0.00451. The number of methoxy groups -OCH3 is 1.